The summed E-state index contributed by atoms with van der Waals surface area (Å²) >= 11 is 0. The third-order valence-electron chi connectivity index (χ3n) is 8.84. The number of hydrogen-bond donors (Lipinski definition) is 0. The Balaban J connectivity index is 1.45. The molecule has 3 heterocycles. The molecule has 3 aliphatic rings. The van der Waals surface area contributed by atoms with Crippen LogP contribution < -0.4 is 4.90 Å². The zero-order chi connectivity index (χ0) is 26.3. The molecule has 1 unspecified atom stereocenters. The number of alkyl halides is 3. The second kappa shape index (κ2) is 10.6. The summed E-state index contributed by atoms with van der Waals surface area (Å²) in [5.41, 5.74) is 2.79. The molecule has 3 saturated heterocycles. The smallest absolute Gasteiger partial charge is 0.375 e. The predicted molar refractivity (Wildman–Crippen MR) is 142 cm³/mol. The minimum Gasteiger partial charge on any atom is -0.375 e. The van der Waals surface area contributed by atoms with E-state index >= 15 is 0 Å². The molecule has 36 heavy (non-hydrogen) atoms. The Hall–Kier alpha value is -1.73. The SMILES string of the molecule is C=C(C1CCN(C(C)(C)C)C1)N1CCC(c2ccc(C(F)(F)F)cc2N2CCC(N(C)C)CC2)CC1. The van der Waals surface area contributed by atoms with Gasteiger partial charge in [-0.1, -0.05) is 12.6 Å². The molecule has 4 rings (SSSR count). The van der Waals surface area contributed by atoms with Crippen LogP contribution in [0.25, 0.3) is 0 Å². The molecule has 3 fully saturated rings. The van der Waals surface area contributed by atoms with E-state index in [0.29, 0.717) is 12.0 Å². The van der Waals surface area contributed by atoms with Crippen LogP contribution in [-0.4, -0.2) is 79.6 Å². The lowest BCUT2D eigenvalue weighted by Crippen LogP contribution is -2.42. The molecule has 1 atom stereocenters. The van der Waals surface area contributed by atoms with Gasteiger partial charge in [0, 0.05) is 61.6 Å². The van der Waals surface area contributed by atoms with Gasteiger partial charge in [0.15, 0.2) is 0 Å². The lowest BCUT2D eigenvalue weighted by molar-refractivity contribution is -0.137. The van der Waals surface area contributed by atoms with E-state index in [2.05, 4.69) is 61.0 Å². The zero-order valence-electron chi connectivity index (χ0n) is 22.9. The number of halogens is 3. The molecule has 202 valence electrons. The molecule has 0 aromatic heterocycles. The number of likely N-dealkylation sites (tertiary alicyclic amines) is 2. The quantitative estimate of drug-likeness (QED) is 0.482. The van der Waals surface area contributed by atoms with Gasteiger partial charge in [-0.05, 0) is 97.1 Å². The molecule has 0 amide bonds. The molecule has 7 heteroatoms. The van der Waals surface area contributed by atoms with E-state index in [1.54, 1.807) is 6.07 Å². The fraction of sp³-hybridized carbons (Fsp3) is 0.724. The maximum atomic E-state index is 13.6. The molecule has 0 saturated carbocycles. The van der Waals surface area contributed by atoms with Crippen LogP contribution in [0.5, 0.6) is 0 Å². The molecule has 0 aliphatic carbocycles. The largest absolute Gasteiger partial charge is 0.416 e. The molecule has 0 radical (unpaired) electrons. The highest BCUT2D eigenvalue weighted by Gasteiger charge is 2.36. The maximum Gasteiger partial charge on any atom is 0.416 e. The van der Waals surface area contributed by atoms with E-state index in [0.717, 1.165) is 82.6 Å². The third kappa shape index (κ3) is 6.04. The monoisotopic (exact) mass is 506 g/mol. The molecular weight excluding hydrogens is 461 g/mol. The van der Waals surface area contributed by atoms with E-state index in [1.165, 1.54) is 17.8 Å². The summed E-state index contributed by atoms with van der Waals surface area (Å²) in [6.07, 6.45) is 0.713. The number of benzene rings is 1. The molecule has 1 aromatic carbocycles. The molecule has 0 N–H and O–H groups in total. The van der Waals surface area contributed by atoms with E-state index < -0.39 is 11.7 Å². The molecule has 0 bridgehead atoms. The van der Waals surface area contributed by atoms with Gasteiger partial charge in [0.1, 0.15) is 0 Å². The van der Waals surface area contributed by atoms with Crippen molar-refractivity contribution in [2.45, 2.75) is 76.6 Å². The fourth-order valence-electron chi connectivity index (χ4n) is 6.34. The summed E-state index contributed by atoms with van der Waals surface area (Å²) in [7, 11) is 4.17. The summed E-state index contributed by atoms with van der Waals surface area (Å²) in [5, 5.41) is 0. The van der Waals surface area contributed by atoms with Crippen LogP contribution in [0.15, 0.2) is 30.5 Å². The number of piperidine rings is 2. The molecule has 1 aromatic rings. The highest BCUT2D eigenvalue weighted by atomic mass is 19.4. The van der Waals surface area contributed by atoms with Crippen LogP contribution in [0.3, 0.4) is 0 Å². The Morgan fingerprint density at radius 2 is 1.56 bits per heavy atom. The van der Waals surface area contributed by atoms with Crippen molar-refractivity contribution in [3.63, 3.8) is 0 Å². The van der Waals surface area contributed by atoms with Gasteiger partial charge in [-0.3, -0.25) is 4.90 Å². The van der Waals surface area contributed by atoms with Crippen LogP contribution >= 0.6 is 0 Å². The Bertz CT molecular complexity index is 904. The van der Waals surface area contributed by atoms with Crippen molar-refractivity contribution >= 4 is 5.69 Å². The van der Waals surface area contributed by atoms with Crippen LogP contribution in [0, 0.1) is 5.92 Å². The third-order valence-corrected chi connectivity index (χ3v) is 8.84. The van der Waals surface area contributed by atoms with Crippen molar-refractivity contribution in [3.05, 3.63) is 41.6 Å². The average molecular weight is 507 g/mol. The highest BCUT2D eigenvalue weighted by Crippen LogP contribution is 2.41. The van der Waals surface area contributed by atoms with Gasteiger partial charge in [-0.25, -0.2) is 0 Å². The van der Waals surface area contributed by atoms with Crippen LogP contribution in [0.1, 0.15) is 69.9 Å². The first kappa shape index (κ1) is 27.3. The van der Waals surface area contributed by atoms with Gasteiger partial charge in [0.25, 0.3) is 0 Å². The van der Waals surface area contributed by atoms with Gasteiger partial charge in [0.2, 0.25) is 0 Å². The Kier molecular flexibility index (Phi) is 8.01. The summed E-state index contributed by atoms with van der Waals surface area (Å²) in [6, 6.07) is 4.96. The van der Waals surface area contributed by atoms with E-state index in [9.17, 15) is 13.2 Å². The minimum atomic E-state index is -4.32. The van der Waals surface area contributed by atoms with Crippen molar-refractivity contribution in [2.75, 3.05) is 58.3 Å². The predicted octanol–water partition coefficient (Wildman–Crippen LogP) is 6.05. The molecule has 4 nitrogen and oxygen atoms in total. The molecule has 0 spiro atoms. The average Bonchev–Trinajstić information content (AvgIpc) is 3.34. The van der Waals surface area contributed by atoms with Crippen LogP contribution in [0.2, 0.25) is 0 Å². The van der Waals surface area contributed by atoms with Crippen LogP contribution in [-0.2, 0) is 6.18 Å². The van der Waals surface area contributed by atoms with Gasteiger partial charge in [-0.15, -0.1) is 0 Å². The molecular formula is C29H45F3N4. The normalized spacial score (nSPS) is 23.6. The van der Waals surface area contributed by atoms with Crippen molar-refractivity contribution in [1.82, 2.24) is 14.7 Å². The van der Waals surface area contributed by atoms with Crippen molar-refractivity contribution in [3.8, 4) is 0 Å². The summed E-state index contributed by atoms with van der Waals surface area (Å²) < 4.78 is 40.9. The van der Waals surface area contributed by atoms with Crippen molar-refractivity contribution < 1.29 is 13.2 Å². The first-order valence-corrected chi connectivity index (χ1v) is 13.7. The lowest BCUT2D eigenvalue weighted by atomic mass is 9.86. The lowest BCUT2D eigenvalue weighted by Gasteiger charge is -2.41. The first-order chi connectivity index (χ1) is 16.8. The number of anilines is 1. The number of rotatable bonds is 5. The van der Waals surface area contributed by atoms with Crippen molar-refractivity contribution in [1.29, 1.82) is 0 Å². The summed E-state index contributed by atoms with van der Waals surface area (Å²) in [5.74, 6) is 0.785. The topological polar surface area (TPSA) is 13.0 Å². The fourth-order valence-corrected chi connectivity index (χ4v) is 6.34. The minimum absolute atomic E-state index is 0.183. The van der Waals surface area contributed by atoms with Gasteiger partial charge in [0.05, 0.1) is 5.56 Å². The number of nitrogens with zero attached hydrogens (tertiary/aromatic N) is 4. The second-order valence-electron chi connectivity index (χ2n) is 12.3. The Morgan fingerprint density at radius 3 is 2.08 bits per heavy atom. The number of hydrogen-bond acceptors (Lipinski definition) is 4. The van der Waals surface area contributed by atoms with Crippen LogP contribution in [0.4, 0.5) is 18.9 Å². The van der Waals surface area contributed by atoms with Gasteiger partial charge in [-0.2, -0.15) is 13.2 Å². The second-order valence-corrected chi connectivity index (χ2v) is 12.3. The Morgan fingerprint density at radius 1 is 0.917 bits per heavy atom. The highest BCUT2D eigenvalue weighted by molar-refractivity contribution is 5.58. The van der Waals surface area contributed by atoms with Gasteiger partial charge >= 0.3 is 6.18 Å². The van der Waals surface area contributed by atoms with Gasteiger partial charge < -0.3 is 14.7 Å². The zero-order valence-corrected chi connectivity index (χ0v) is 22.9. The summed E-state index contributed by atoms with van der Waals surface area (Å²) in [6.45, 7) is 16.9. The first-order valence-electron chi connectivity index (χ1n) is 13.7. The maximum absolute atomic E-state index is 13.6. The molecule has 3 aliphatic heterocycles. The van der Waals surface area contributed by atoms with E-state index in [1.807, 2.05) is 0 Å². The summed E-state index contributed by atoms with van der Waals surface area (Å²) in [4.78, 5) is 9.43. The Labute approximate surface area is 216 Å². The van der Waals surface area contributed by atoms with E-state index in [-0.39, 0.29) is 11.5 Å². The standard InChI is InChI=1S/C29H45F3N4/c1-21(23-11-18-36(20-23)28(2,3)4)34-14-9-22(10-15-34)26-8-7-24(29(30,31)32)19-27(26)35-16-12-25(13-17-35)33(5)6/h7-8,19,22-23,25H,1,9-18,20H2,2-6H3. The van der Waals surface area contributed by atoms with Crippen molar-refractivity contribution in [2.24, 2.45) is 5.92 Å². The van der Waals surface area contributed by atoms with E-state index in [4.69, 9.17) is 0 Å².